The van der Waals surface area contributed by atoms with E-state index >= 15 is 0 Å². The topological polar surface area (TPSA) is 71.3 Å². The number of rotatable bonds is 7. The third kappa shape index (κ3) is 4.77. The largest absolute Gasteiger partial charge is 0.459 e. The highest BCUT2D eigenvalue weighted by Gasteiger charge is 2.08. The van der Waals surface area contributed by atoms with Crippen molar-refractivity contribution in [2.75, 3.05) is 6.54 Å². The van der Waals surface area contributed by atoms with Crippen LogP contribution in [0.3, 0.4) is 0 Å². The summed E-state index contributed by atoms with van der Waals surface area (Å²) in [5.74, 6) is 0.00447. The first-order valence-electron chi connectivity index (χ1n) is 7.29. The van der Waals surface area contributed by atoms with Gasteiger partial charge in [-0.25, -0.2) is 0 Å². The van der Waals surface area contributed by atoms with Crippen molar-refractivity contribution < 1.29 is 14.0 Å². The molecule has 0 aliphatic heterocycles. The van der Waals surface area contributed by atoms with Crippen LogP contribution >= 0.6 is 0 Å². The van der Waals surface area contributed by atoms with Gasteiger partial charge in [0.25, 0.3) is 5.91 Å². The Hall–Kier alpha value is -2.56. The van der Waals surface area contributed by atoms with Crippen LogP contribution in [0.4, 0.5) is 0 Å². The predicted molar refractivity (Wildman–Crippen MR) is 83.3 cm³/mol. The van der Waals surface area contributed by atoms with Crippen LogP contribution in [0.25, 0.3) is 0 Å². The van der Waals surface area contributed by atoms with Crippen LogP contribution in [0, 0.1) is 6.92 Å². The molecular weight excluding hydrogens is 280 g/mol. The first-order valence-corrected chi connectivity index (χ1v) is 7.29. The van der Waals surface area contributed by atoms with Crippen LogP contribution in [0.15, 0.2) is 47.1 Å². The Morgan fingerprint density at radius 1 is 1.09 bits per heavy atom. The molecule has 5 heteroatoms. The molecule has 1 heterocycles. The summed E-state index contributed by atoms with van der Waals surface area (Å²) in [6.45, 7) is 2.99. The van der Waals surface area contributed by atoms with Gasteiger partial charge < -0.3 is 15.1 Å². The van der Waals surface area contributed by atoms with Crippen LogP contribution < -0.4 is 10.6 Å². The van der Waals surface area contributed by atoms with E-state index < -0.39 is 0 Å². The molecule has 0 radical (unpaired) electrons. The Morgan fingerprint density at radius 3 is 2.64 bits per heavy atom. The molecule has 116 valence electrons. The molecule has 0 fully saturated rings. The Kier molecular flexibility index (Phi) is 5.77. The summed E-state index contributed by atoms with van der Waals surface area (Å²) in [6.07, 6.45) is 2.42. The maximum absolute atomic E-state index is 11.8. The monoisotopic (exact) mass is 300 g/mol. The lowest BCUT2D eigenvalue weighted by atomic mass is 10.1. The maximum atomic E-state index is 11.8. The zero-order valence-corrected chi connectivity index (χ0v) is 12.6. The second kappa shape index (κ2) is 8.02. The van der Waals surface area contributed by atoms with E-state index in [1.807, 2.05) is 31.2 Å². The highest BCUT2D eigenvalue weighted by molar-refractivity contribution is 5.91. The molecule has 1 aromatic carbocycles. The fourth-order valence-corrected chi connectivity index (χ4v) is 2.04. The number of nitrogens with one attached hydrogen (secondary N) is 2. The normalized spacial score (nSPS) is 10.2. The SMILES string of the molecule is Cc1ccccc1CNC(=O)CCCNC(=O)c1ccco1. The Morgan fingerprint density at radius 2 is 1.91 bits per heavy atom. The van der Waals surface area contributed by atoms with Crippen LogP contribution in [0.2, 0.25) is 0 Å². The molecule has 22 heavy (non-hydrogen) atoms. The van der Waals surface area contributed by atoms with Crippen molar-refractivity contribution in [1.29, 1.82) is 0 Å². The molecule has 1 aromatic heterocycles. The predicted octanol–water partition coefficient (Wildman–Crippen LogP) is 2.41. The van der Waals surface area contributed by atoms with Gasteiger partial charge in [-0.2, -0.15) is 0 Å². The standard InChI is InChI=1S/C17H20N2O3/c1-13-6-2-3-7-14(13)12-19-16(20)9-4-10-18-17(21)15-8-5-11-22-15/h2-3,5-8,11H,4,9-10,12H2,1H3,(H,18,21)(H,19,20). The Balaban J connectivity index is 1.62. The van der Waals surface area contributed by atoms with Crippen LogP contribution in [0.5, 0.6) is 0 Å². The van der Waals surface area contributed by atoms with Gasteiger partial charge in [0.1, 0.15) is 0 Å². The number of aryl methyl sites for hydroxylation is 1. The van der Waals surface area contributed by atoms with Crippen molar-refractivity contribution >= 4 is 11.8 Å². The molecule has 0 spiro atoms. The van der Waals surface area contributed by atoms with Gasteiger partial charge in [0.15, 0.2) is 5.76 Å². The van der Waals surface area contributed by atoms with Gasteiger partial charge in [-0.05, 0) is 36.6 Å². The van der Waals surface area contributed by atoms with E-state index in [4.69, 9.17) is 4.42 Å². The molecule has 2 rings (SSSR count). The highest BCUT2D eigenvalue weighted by atomic mass is 16.3. The highest BCUT2D eigenvalue weighted by Crippen LogP contribution is 2.06. The van der Waals surface area contributed by atoms with Gasteiger partial charge in [0, 0.05) is 19.5 Å². The summed E-state index contributed by atoms with van der Waals surface area (Å²) < 4.78 is 4.98. The summed E-state index contributed by atoms with van der Waals surface area (Å²) in [7, 11) is 0. The average molecular weight is 300 g/mol. The van der Waals surface area contributed by atoms with Crippen molar-refractivity contribution in [3.63, 3.8) is 0 Å². The summed E-state index contributed by atoms with van der Waals surface area (Å²) >= 11 is 0. The van der Waals surface area contributed by atoms with Gasteiger partial charge in [-0.3, -0.25) is 9.59 Å². The summed E-state index contributed by atoms with van der Waals surface area (Å²) in [4.78, 5) is 23.4. The molecule has 0 saturated carbocycles. The van der Waals surface area contributed by atoms with Crippen molar-refractivity contribution in [2.24, 2.45) is 0 Å². The molecule has 0 saturated heterocycles. The summed E-state index contributed by atoms with van der Waals surface area (Å²) in [5.41, 5.74) is 2.27. The lowest BCUT2D eigenvalue weighted by Crippen LogP contribution is -2.27. The number of amides is 2. The second-order valence-corrected chi connectivity index (χ2v) is 5.04. The third-order valence-corrected chi connectivity index (χ3v) is 3.35. The molecule has 0 aliphatic carbocycles. The minimum absolute atomic E-state index is 0.0181. The third-order valence-electron chi connectivity index (χ3n) is 3.35. The maximum Gasteiger partial charge on any atom is 0.286 e. The summed E-state index contributed by atoms with van der Waals surface area (Å²) in [5, 5.41) is 5.60. The van der Waals surface area contributed by atoms with E-state index in [2.05, 4.69) is 10.6 Å². The van der Waals surface area contributed by atoms with E-state index in [0.29, 0.717) is 25.9 Å². The Labute approximate surface area is 129 Å². The smallest absolute Gasteiger partial charge is 0.286 e. The number of hydrogen-bond acceptors (Lipinski definition) is 3. The first-order chi connectivity index (χ1) is 10.7. The fourth-order valence-electron chi connectivity index (χ4n) is 2.04. The average Bonchev–Trinajstić information content (AvgIpc) is 3.05. The minimum Gasteiger partial charge on any atom is -0.459 e. The van der Waals surface area contributed by atoms with Crippen molar-refractivity contribution in [2.45, 2.75) is 26.3 Å². The number of furan rings is 1. The molecule has 2 amide bonds. The molecule has 2 N–H and O–H groups in total. The van der Waals surface area contributed by atoms with Crippen LogP contribution in [-0.2, 0) is 11.3 Å². The number of benzene rings is 1. The van der Waals surface area contributed by atoms with E-state index in [1.165, 1.54) is 6.26 Å². The molecule has 0 aliphatic rings. The molecule has 0 atom stereocenters. The van der Waals surface area contributed by atoms with Gasteiger partial charge in [-0.1, -0.05) is 24.3 Å². The van der Waals surface area contributed by atoms with Gasteiger partial charge >= 0.3 is 0 Å². The van der Waals surface area contributed by atoms with Gasteiger partial charge in [0.2, 0.25) is 5.91 Å². The lowest BCUT2D eigenvalue weighted by molar-refractivity contribution is -0.121. The number of hydrogen-bond donors (Lipinski definition) is 2. The fraction of sp³-hybridized carbons (Fsp3) is 0.294. The Bertz CT molecular complexity index is 621. The van der Waals surface area contributed by atoms with Crippen molar-refractivity contribution in [3.05, 3.63) is 59.5 Å². The molecule has 0 unspecified atom stereocenters. The minimum atomic E-state index is -0.259. The van der Waals surface area contributed by atoms with Gasteiger partial charge in [-0.15, -0.1) is 0 Å². The number of carbonyl (C=O) groups excluding carboxylic acids is 2. The zero-order chi connectivity index (χ0) is 15.8. The number of carbonyl (C=O) groups is 2. The molecule has 0 bridgehead atoms. The van der Waals surface area contributed by atoms with Crippen molar-refractivity contribution in [3.8, 4) is 0 Å². The molecule has 2 aromatic rings. The lowest BCUT2D eigenvalue weighted by Gasteiger charge is -2.08. The van der Waals surface area contributed by atoms with E-state index in [1.54, 1.807) is 12.1 Å². The zero-order valence-electron chi connectivity index (χ0n) is 12.6. The van der Waals surface area contributed by atoms with Crippen LogP contribution in [0.1, 0.15) is 34.5 Å². The molecule has 5 nitrogen and oxygen atoms in total. The van der Waals surface area contributed by atoms with Crippen molar-refractivity contribution in [1.82, 2.24) is 10.6 Å². The van der Waals surface area contributed by atoms with E-state index in [0.717, 1.165) is 11.1 Å². The summed E-state index contributed by atoms with van der Waals surface area (Å²) in [6, 6.07) is 11.2. The molecular formula is C17H20N2O3. The van der Waals surface area contributed by atoms with E-state index in [-0.39, 0.29) is 17.6 Å². The van der Waals surface area contributed by atoms with Gasteiger partial charge in [0.05, 0.1) is 6.26 Å². The first kappa shape index (κ1) is 15.8. The second-order valence-electron chi connectivity index (χ2n) is 5.04. The van der Waals surface area contributed by atoms with Crippen LogP contribution in [-0.4, -0.2) is 18.4 Å². The quantitative estimate of drug-likeness (QED) is 0.771. The van der Waals surface area contributed by atoms with E-state index in [9.17, 15) is 9.59 Å².